The Balaban J connectivity index is 0.000000158. The van der Waals surface area contributed by atoms with Crippen LogP contribution < -0.4 is 0 Å². The molecule has 18 rings (SSSR count). The predicted molar refractivity (Wildman–Crippen MR) is 481 cm³/mol. The fraction of sp³-hybridized carbons (Fsp3) is 1.00. The van der Waals surface area contributed by atoms with Crippen molar-refractivity contribution in [3.05, 3.63) is 0 Å². The first-order valence-electron chi connectivity index (χ1n) is 49.5. The van der Waals surface area contributed by atoms with E-state index >= 15 is 0 Å². The van der Waals surface area contributed by atoms with Crippen molar-refractivity contribution < 1.29 is 0 Å². The minimum atomic E-state index is 0.623. The molecule has 0 saturated heterocycles. The summed E-state index contributed by atoms with van der Waals surface area (Å²) in [6.45, 7) is 90.5. The van der Waals surface area contributed by atoms with E-state index in [2.05, 4.69) is 228 Å². The molecule has 0 heterocycles. The van der Waals surface area contributed by atoms with E-state index in [1.54, 1.807) is 19.3 Å². The van der Waals surface area contributed by atoms with Gasteiger partial charge in [0.05, 0.1) is 0 Å². The van der Waals surface area contributed by atoms with Crippen molar-refractivity contribution >= 4 is 0 Å². The van der Waals surface area contributed by atoms with Gasteiger partial charge in [0, 0.05) is 0 Å². The molecule has 18 saturated carbocycles. The van der Waals surface area contributed by atoms with Crippen molar-refractivity contribution in [1.29, 1.82) is 0 Å². The van der Waals surface area contributed by atoms with E-state index in [0.29, 0.717) is 65.0 Å². The number of rotatable bonds is 7. The van der Waals surface area contributed by atoms with E-state index in [-0.39, 0.29) is 0 Å². The summed E-state index contributed by atoms with van der Waals surface area (Å²) in [6.07, 6.45) is 53.8. The van der Waals surface area contributed by atoms with Crippen LogP contribution in [0.5, 0.6) is 0 Å². The van der Waals surface area contributed by atoms with Gasteiger partial charge in [-0.1, -0.05) is 269 Å². The van der Waals surface area contributed by atoms with E-state index < -0.39 is 0 Å². The SMILES string of the molecule is CC.CC.CC(C)C12CC3(C)CC1CC(C)(C3)C2.CC(C)C12CC3CC(C)(CC(C)(C3)C1)C2.CC1CC2(C)CC(C)CC(C(C)C)(C1)C2.CC1CC2(C)CC(C)CC(C)(C1)C2C(C)C.CC1CC2(C)CC(C)CC(C)(C1)C2C(C)C.CCC1CC2(C)CC(C)CC(C)(C1)C2.CCC1CC2(C)CC(C)CC(C)(C1)C2. The molecule has 0 aromatic heterocycles. The van der Waals surface area contributed by atoms with Gasteiger partial charge in [0.25, 0.3) is 0 Å². The Labute approximate surface area is 682 Å². The smallest absolute Gasteiger partial charge is 0.0235 e. The minimum Gasteiger partial charge on any atom is -0.0683 e. The summed E-state index contributed by atoms with van der Waals surface area (Å²) in [5, 5.41) is 0. The highest BCUT2D eigenvalue weighted by atomic mass is 14.7. The summed E-state index contributed by atoms with van der Waals surface area (Å²) in [6, 6.07) is 0. The van der Waals surface area contributed by atoms with Crippen LogP contribution in [0.4, 0.5) is 0 Å². The number of hydrogen-bond donors (Lipinski definition) is 0. The second-order valence-electron chi connectivity index (χ2n) is 53.4. The fourth-order valence-corrected chi connectivity index (χ4v) is 40.2. The molecule has 0 amide bonds. The third-order valence-electron chi connectivity index (χ3n) is 37.1. The van der Waals surface area contributed by atoms with Gasteiger partial charge in [0.1, 0.15) is 0 Å². The molecule has 10 atom stereocenters. The highest BCUT2D eigenvalue weighted by Crippen LogP contribution is 2.77. The van der Waals surface area contributed by atoms with Crippen LogP contribution in [-0.4, -0.2) is 0 Å². The molecular weight excluding hydrogens is 1300 g/mol. The first kappa shape index (κ1) is 93.5. The molecule has 634 valence electrons. The summed E-state index contributed by atoms with van der Waals surface area (Å²) in [5.41, 5.74) is 10.9. The highest BCUT2D eigenvalue weighted by molar-refractivity contribution is 5.17. The van der Waals surface area contributed by atoms with Gasteiger partial charge >= 0.3 is 0 Å². The molecule has 18 bridgehead atoms. The molecule has 18 fully saturated rings. The summed E-state index contributed by atoms with van der Waals surface area (Å²) in [5.74, 6) is 18.1. The van der Waals surface area contributed by atoms with Crippen LogP contribution in [0.25, 0.3) is 0 Å². The standard InChI is InChI=1S/2C16H30.C15H26.C15H28.C14H24.2C14H26.2C2H6/c2*1-11(2)14-15(5)7-12(3)8-16(14,6)10-13(4)9-15;1-11(2)15-7-12-5-13(3,9-15)8-14(4,6-12)10-15;1-11(2)15-8-12(3)6-14(5,10-15)7-13(4)9-15;1-10(2)14-8-12(3)5-11(14)6-13(4,7-12)9-14;2*1-5-12-8-13(3)6-11(2)7-14(4,9-12)10-13;2*1-2/h2*11-14H,7-10H2,1-6H3;11-12H,5-10H2,1-4H3;11-13H,6-10H2,1-5H3;10-11H,5-9H2,1-4H3;2*11-12H,5-10H2,1-4H3;2*1-2H3. The van der Waals surface area contributed by atoms with E-state index in [1.165, 1.54) is 212 Å². The van der Waals surface area contributed by atoms with Crippen LogP contribution in [0.15, 0.2) is 0 Å². The Morgan fingerprint density at radius 3 is 0.694 bits per heavy atom. The van der Waals surface area contributed by atoms with Crippen molar-refractivity contribution in [3.8, 4) is 0 Å². The van der Waals surface area contributed by atoms with Crippen molar-refractivity contribution in [2.45, 2.75) is 487 Å². The minimum absolute atomic E-state index is 0.623. The predicted octanol–water partition coefficient (Wildman–Crippen LogP) is 35.4. The second kappa shape index (κ2) is 33.7. The van der Waals surface area contributed by atoms with Gasteiger partial charge < -0.3 is 0 Å². The Kier molecular flexibility index (Phi) is 29.1. The molecule has 18 aliphatic rings. The Morgan fingerprint density at radius 1 is 0.231 bits per heavy atom. The van der Waals surface area contributed by atoms with Crippen molar-refractivity contribution in [2.75, 3.05) is 0 Å². The molecule has 0 aliphatic heterocycles. The lowest BCUT2D eigenvalue weighted by Crippen LogP contribution is -2.56. The van der Waals surface area contributed by atoms with Crippen molar-refractivity contribution in [1.82, 2.24) is 0 Å². The second-order valence-corrected chi connectivity index (χ2v) is 53.4. The molecule has 0 heteroatoms. The van der Waals surface area contributed by atoms with Crippen LogP contribution in [-0.2, 0) is 0 Å². The molecular formula is C108H202. The van der Waals surface area contributed by atoms with Gasteiger partial charge in [-0.3, -0.25) is 0 Å². The number of fused-ring (bicyclic) bond motifs is 10. The maximum absolute atomic E-state index is 2.58. The van der Waals surface area contributed by atoms with Crippen molar-refractivity contribution in [3.63, 3.8) is 0 Å². The summed E-state index contributed by atoms with van der Waals surface area (Å²) >= 11 is 0. The molecule has 0 radical (unpaired) electrons. The Bertz CT molecular complexity index is 2530. The summed E-state index contributed by atoms with van der Waals surface area (Å²) in [7, 11) is 0. The van der Waals surface area contributed by atoms with Gasteiger partial charge in [0.2, 0.25) is 0 Å². The van der Waals surface area contributed by atoms with Gasteiger partial charge in [0.15, 0.2) is 0 Å². The van der Waals surface area contributed by atoms with E-state index in [0.717, 1.165) is 134 Å². The largest absolute Gasteiger partial charge is 0.0683 e. The quantitative estimate of drug-likeness (QED) is 0.238. The molecule has 0 spiro atoms. The van der Waals surface area contributed by atoms with E-state index in [9.17, 15) is 0 Å². The first-order valence-corrected chi connectivity index (χ1v) is 49.5. The van der Waals surface area contributed by atoms with Crippen LogP contribution in [0.2, 0.25) is 0 Å². The van der Waals surface area contributed by atoms with E-state index in [4.69, 9.17) is 0 Å². The molecule has 0 N–H and O–H groups in total. The van der Waals surface area contributed by atoms with Crippen LogP contribution >= 0.6 is 0 Å². The zero-order valence-electron chi connectivity index (χ0n) is 81.4. The maximum atomic E-state index is 2.58. The average molecular weight is 1500 g/mol. The lowest BCUT2D eigenvalue weighted by Gasteiger charge is -2.67. The van der Waals surface area contributed by atoms with Crippen LogP contribution in [0.1, 0.15) is 487 Å². The molecule has 0 aromatic carbocycles. The molecule has 108 heavy (non-hydrogen) atoms. The Hall–Kier alpha value is 0. The number of hydrogen-bond acceptors (Lipinski definition) is 0. The maximum Gasteiger partial charge on any atom is -0.0235 e. The normalized spacial score (nSPS) is 52.5. The molecule has 0 aromatic rings. The van der Waals surface area contributed by atoms with Crippen LogP contribution in [0.3, 0.4) is 0 Å². The first-order chi connectivity index (χ1) is 49.5. The van der Waals surface area contributed by atoms with Gasteiger partial charge in [-0.25, -0.2) is 0 Å². The van der Waals surface area contributed by atoms with Crippen LogP contribution in [0, 0.1) is 199 Å². The monoisotopic (exact) mass is 1500 g/mol. The Morgan fingerprint density at radius 2 is 0.463 bits per heavy atom. The molecule has 18 aliphatic carbocycles. The van der Waals surface area contributed by atoms with E-state index in [1.807, 2.05) is 27.7 Å². The lowest BCUT2D eigenvalue weighted by atomic mass is 9.38. The zero-order chi connectivity index (χ0) is 81.4. The van der Waals surface area contributed by atoms with Crippen molar-refractivity contribution in [2.24, 2.45) is 199 Å². The fourth-order valence-electron chi connectivity index (χ4n) is 40.2. The highest BCUT2D eigenvalue weighted by Gasteiger charge is 2.67. The molecule has 0 nitrogen and oxygen atoms in total. The lowest BCUT2D eigenvalue weighted by molar-refractivity contribution is -0.162. The average Bonchev–Trinajstić information content (AvgIpc) is 1.45. The summed E-state index contributed by atoms with van der Waals surface area (Å²) < 4.78 is 0. The zero-order valence-corrected chi connectivity index (χ0v) is 81.4. The summed E-state index contributed by atoms with van der Waals surface area (Å²) in [4.78, 5) is 0. The van der Waals surface area contributed by atoms with Gasteiger partial charge in [-0.15, -0.1) is 0 Å². The molecule has 10 unspecified atom stereocenters. The third kappa shape index (κ3) is 20.5. The van der Waals surface area contributed by atoms with Gasteiger partial charge in [-0.2, -0.15) is 0 Å². The van der Waals surface area contributed by atoms with Gasteiger partial charge in [-0.05, 0) is 417 Å². The topological polar surface area (TPSA) is 0 Å². The third-order valence-corrected chi connectivity index (χ3v) is 37.1.